The van der Waals surface area contributed by atoms with Gasteiger partial charge in [0, 0.05) is 12.0 Å². The van der Waals surface area contributed by atoms with Gasteiger partial charge in [-0.05, 0) is 32.4 Å². The summed E-state index contributed by atoms with van der Waals surface area (Å²) in [6.07, 6.45) is 2.15. The van der Waals surface area contributed by atoms with Crippen LogP contribution in [-0.2, 0) is 9.59 Å². The summed E-state index contributed by atoms with van der Waals surface area (Å²) < 4.78 is 0. The third kappa shape index (κ3) is 3.70. The second kappa shape index (κ2) is 6.00. The minimum Gasteiger partial charge on any atom is -0.481 e. The maximum absolute atomic E-state index is 12.0. The van der Waals surface area contributed by atoms with Gasteiger partial charge in [0.25, 0.3) is 0 Å². The van der Waals surface area contributed by atoms with Crippen molar-refractivity contribution in [2.24, 2.45) is 11.3 Å². The number of carboxylic acid groups (broad SMARTS) is 1. The molecule has 1 fully saturated rings. The van der Waals surface area contributed by atoms with Crippen LogP contribution in [0, 0.1) is 11.3 Å². The van der Waals surface area contributed by atoms with E-state index < -0.39 is 11.9 Å². The number of carboxylic acids is 1. The standard InChI is InChI=1S/C12H22N2O3/c1-3-9(10(15)16)8-14-11(17)12(2)4-6-13-7-5-12/h9,13H,3-8H2,1-2H3,(H,14,17)(H,15,16). The first-order chi connectivity index (χ1) is 7.99. The number of hydrogen-bond acceptors (Lipinski definition) is 3. The molecule has 0 bridgehead atoms. The summed E-state index contributed by atoms with van der Waals surface area (Å²) in [5, 5.41) is 14.9. The average Bonchev–Trinajstić information content (AvgIpc) is 2.30. The van der Waals surface area contributed by atoms with Gasteiger partial charge in [-0.2, -0.15) is 0 Å². The molecule has 0 saturated carbocycles. The number of nitrogens with one attached hydrogen (secondary N) is 2. The first-order valence-corrected chi connectivity index (χ1v) is 6.21. The lowest BCUT2D eigenvalue weighted by atomic mass is 9.80. The monoisotopic (exact) mass is 242 g/mol. The summed E-state index contributed by atoms with van der Waals surface area (Å²) in [5.74, 6) is -1.34. The highest BCUT2D eigenvalue weighted by Crippen LogP contribution is 2.27. The van der Waals surface area contributed by atoms with Crippen molar-refractivity contribution >= 4 is 11.9 Å². The van der Waals surface area contributed by atoms with Gasteiger partial charge in [-0.3, -0.25) is 9.59 Å². The van der Waals surface area contributed by atoms with Crippen LogP contribution in [0.2, 0.25) is 0 Å². The van der Waals surface area contributed by atoms with E-state index in [1.165, 1.54) is 0 Å². The van der Waals surface area contributed by atoms with E-state index in [1.807, 2.05) is 13.8 Å². The summed E-state index contributed by atoms with van der Waals surface area (Å²) >= 11 is 0. The summed E-state index contributed by atoms with van der Waals surface area (Å²) in [5.41, 5.74) is -0.345. The topological polar surface area (TPSA) is 78.4 Å². The van der Waals surface area contributed by atoms with Gasteiger partial charge >= 0.3 is 5.97 Å². The van der Waals surface area contributed by atoms with Gasteiger partial charge in [-0.25, -0.2) is 0 Å². The third-order valence-corrected chi connectivity index (χ3v) is 3.61. The number of carbonyl (C=O) groups is 2. The highest BCUT2D eigenvalue weighted by atomic mass is 16.4. The van der Waals surface area contributed by atoms with Crippen LogP contribution in [-0.4, -0.2) is 36.6 Å². The molecule has 0 aromatic rings. The number of hydrogen-bond donors (Lipinski definition) is 3. The molecule has 1 atom stereocenters. The van der Waals surface area contributed by atoms with E-state index >= 15 is 0 Å². The maximum atomic E-state index is 12.0. The van der Waals surface area contributed by atoms with Crippen molar-refractivity contribution in [3.63, 3.8) is 0 Å². The van der Waals surface area contributed by atoms with Crippen molar-refractivity contribution in [3.8, 4) is 0 Å². The number of amides is 1. The first kappa shape index (κ1) is 14.0. The zero-order valence-electron chi connectivity index (χ0n) is 10.6. The molecule has 0 radical (unpaired) electrons. The van der Waals surface area contributed by atoms with Crippen LogP contribution in [0.25, 0.3) is 0 Å². The molecule has 1 amide bonds. The molecule has 1 heterocycles. The number of aliphatic carboxylic acids is 1. The molecule has 5 nitrogen and oxygen atoms in total. The number of piperidine rings is 1. The minimum absolute atomic E-state index is 0.0151. The van der Waals surface area contributed by atoms with Crippen LogP contribution in [0.3, 0.4) is 0 Å². The van der Waals surface area contributed by atoms with E-state index in [9.17, 15) is 9.59 Å². The molecule has 17 heavy (non-hydrogen) atoms. The second-order valence-electron chi connectivity index (χ2n) is 4.96. The molecular weight excluding hydrogens is 220 g/mol. The molecule has 1 rings (SSSR count). The van der Waals surface area contributed by atoms with Crippen LogP contribution in [0.4, 0.5) is 0 Å². The molecule has 0 aromatic heterocycles. The summed E-state index contributed by atoms with van der Waals surface area (Å²) in [6, 6.07) is 0. The summed E-state index contributed by atoms with van der Waals surface area (Å²) in [7, 11) is 0. The van der Waals surface area contributed by atoms with Crippen molar-refractivity contribution < 1.29 is 14.7 Å². The van der Waals surface area contributed by atoms with Crippen LogP contribution in [0.5, 0.6) is 0 Å². The molecule has 0 aromatic carbocycles. The minimum atomic E-state index is -0.844. The fourth-order valence-electron chi connectivity index (χ4n) is 2.04. The Morgan fingerprint density at radius 2 is 2.00 bits per heavy atom. The van der Waals surface area contributed by atoms with Gasteiger partial charge in [0.05, 0.1) is 5.92 Å². The Balaban J connectivity index is 2.45. The van der Waals surface area contributed by atoms with Crippen molar-refractivity contribution in [1.29, 1.82) is 0 Å². The van der Waals surface area contributed by atoms with E-state index in [2.05, 4.69) is 10.6 Å². The Morgan fingerprint density at radius 1 is 1.41 bits per heavy atom. The predicted octanol–water partition coefficient (Wildman–Crippen LogP) is 0.603. The first-order valence-electron chi connectivity index (χ1n) is 6.21. The zero-order chi connectivity index (χ0) is 12.9. The molecular formula is C12H22N2O3. The summed E-state index contributed by atoms with van der Waals surface area (Å²) in [6.45, 7) is 5.69. The van der Waals surface area contributed by atoms with E-state index in [1.54, 1.807) is 0 Å². The lowest BCUT2D eigenvalue weighted by molar-refractivity contribution is -0.142. The summed E-state index contributed by atoms with van der Waals surface area (Å²) in [4.78, 5) is 22.9. The van der Waals surface area contributed by atoms with Crippen molar-refractivity contribution in [1.82, 2.24) is 10.6 Å². The Hall–Kier alpha value is -1.10. The average molecular weight is 242 g/mol. The lowest BCUT2D eigenvalue weighted by Gasteiger charge is -2.32. The Bertz CT molecular complexity index is 285. The highest BCUT2D eigenvalue weighted by molar-refractivity contribution is 5.83. The van der Waals surface area contributed by atoms with Gasteiger partial charge in [0.15, 0.2) is 0 Å². The second-order valence-corrected chi connectivity index (χ2v) is 4.96. The van der Waals surface area contributed by atoms with E-state index in [4.69, 9.17) is 5.11 Å². The van der Waals surface area contributed by atoms with Gasteiger partial charge in [-0.1, -0.05) is 13.8 Å². The predicted molar refractivity (Wildman–Crippen MR) is 64.6 cm³/mol. The number of carbonyl (C=O) groups excluding carboxylic acids is 1. The molecule has 5 heteroatoms. The maximum Gasteiger partial charge on any atom is 0.308 e. The number of rotatable bonds is 5. The quantitative estimate of drug-likeness (QED) is 0.660. The Kier molecular flexibility index (Phi) is 4.93. The van der Waals surface area contributed by atoms with Gasteiger partial charge < -0.3 is 15.7 Å². The molecule has 1 aliphatic rings. The zero-order valence-corrected chi connectivity index (χ0v) is 10.6. The van der Waals surface area contributed by atoms with Crippen molar-refractivity contribution in [3.05, 3.63) is 0 Å². The Morgan fingerprint density at radius 3 is 2.47 bits per heavy atom. The van der Waals surface area contributed by atoms with Crippen LogP contribution < -0.4 is 10.6 Å². The molecule has 1 aliphatic heterocycles. The van der Waals surface area contributed by atoms with Crippen LogP contribution in [0.1, 0.15) is 33.1 Å². The lowest BCUT2D eigenvalue weighted by Crippen LogP contribution is -2.47. The van der Waals surface area contributed by atoms with Crippen LogP contribution >= 0.6 is 0 Å². The fraction of sp³-hybridized carbons (Fsp3) is 0.833. The normalized spacial score (nSPS) is 20.6. The molecule has 0 spiro atoms. The molecule has 98 valence electrons. The fourth-order valence-corrected chi connectivity index (χ4v) is 2.04. The molecule has 1 unspecified atom stereocenters. The highest BCUT2D eigenvalue weighted by Gasteiger charge is 2.34. The molecule has 3 N–H and O–H groups in total. The largest absolute Gasteiger partial charge is 0.481 e. The van der Waals surface area contributed by atoms with Crippen LogP contribution in [0.15, 0.2) is 0 Å². The van der Waals surface area contributed by atoms with Crippen molar-refractivity contribution in [2.75, 3.05) is 19.6 Å². The third-order valence-electron chi connectivity index (χ3n) is 3.61. The molecule has 0 aliphatic carbocycles. The SMILES string of the molecule is CCC(CNC(=O)C1(C)CCNCC1)C(=O)O. The van der Waals surface area contributed by atoms with E-state index in [0.29, 0.717) is 6.42 Å². The molecule has 1 saturated heterocycles. The Labute approximate surface area is 102 Å². The van der Waals surface area contributed by atoms with E-state index in [-0.39, 0.29) is 17.9 Å². The van der Waals surface area contributed by atoms with Gasteiger partial charge in [0.1, 0.15) is 0 Å². The van der Waals surface area contributed by atoms with E-state index in [0.717, 1.165) is 25.9 Å². The van der Waals surface area contributed by atoms with Crippen molar-refractivity contribution in [2.45, 2.75) is 33.1 Å². The van der Waals surface area contributed by atoms with Gasteiger partial charge in [0.2, 0.25) is 5.91 Å². The van der Waals surface area contributed by atoms with Gasteiger partial charge in [-0.15, -0.1) is 0 Å². The smallest absolute Gasteiger partial charge is 0.308 e.